The van der Waals surface area contributed by atoms with Gasteiger partial charge < -0.3 is 44.7 Å². The number of hydrogen-bond acceptors (Lipinski definition) is 10. The quantitative estimate of drug-likeness (QED) is 0.104. The molecule has 276 valence electrons. The number of ether oxygens (including phenoxy) is 4. The first-order chi connectivity index (χ1) is 25.0. The molecule has 14 heteroatoms. The zero-order chi connectivity index (χ0) is 37.4. The summed E-state index contributed by atoms with van der Waals surface area (Å²) in [6, 6.07) is 21.0. The van der Waals surface area contributed by atoms with Crippen LogP contribution in [0, 0.1) is 17.8 Å². The van der Waals surface area contributed by atoms with E-state index in [4.69, 9.17) is 18.9 Å². The summed E-state index contributed by atoms with van der Waals surface area (Å²) in [6.45, 7) is -0.0178. The Kier molecular flexibility index (Phi) is 12.5. The first-order valence-electron chi connectivity index (χ1n) is 16.9. The van der Waals surface area contributed by atoms with Gasteiger partial charge in [0.25, 0.3) is 0 Å². The van der Waals surface area contributed by atoms with Crippen LogP contribution in [-0.4, -0.2) is 83.1 Å². The van der Waals surface area contributed by atoms with E-state index in [0.717, 1.165) is 34.9 Å². The maximum Gasteiger partial charge on any atom is 0.407 e. The lowest BCUT2D eigenvalue weighted by atomic mass is 9.71. The second-order valence-corrected chi connectivity index (χ2v) is 12.8. The summed E-state index contributed by atoms with van der Waals surface area (Å²) >= 11 is 0. The number of carboxylic acid groups (broad SMARTS) is 3. The number of carbonyl (C=O) groups is 5. The number of methoxy groups -OCH3 is 1. The van der Waals surface area contributed by atoms with E-state index in [1.165, 1.54) is 0 Å². The molecule has 0 saturated carbocycles. The summed E-state index contributed by atoms with van der Waals surface area (Å²) < 4.78 is 22.4. The van der Waals surface area contributed by atoms with Gasteiger partial charge in [-0.3, -0.25) is 14.4 Å². The van der Waals surface area contributed by atoms with Crippen molar-refractivity contribution in [2.24, 2.45) is 17.8 Å². The molecule has 5 rings (SSSR count). The Balaban J connectivity index is 1.24. The summed E-state index contributed by atoms with van der Waals surface area (Å²) in [5, 5.41) is 41.8. The van der Waals surface area contributed by atoms with Crippen molar-refractivity contribution in [3.8, 4) is 16.9 Å². The van der Waals surface area contributed by atoms with Crippen LogP contribution in [-0.2, 0) is 46.4 Å². The van der Waals surface area contributed by atoms with Crippen molar-refractivity contribution in [1.82, 2.24) is 5.32 Å². The molecule has 1 aliphatic carbocycles. The van der Waals surface area contributed by atoms with Gasteiger partial charge in [-0.25, -0.2) is 9.59 Å². The van der Waals surface area contributed by atoms with Crippen LogP contribution in [0.4, 0.5) is 4.79 Å². The molecule has 0 aromatic heterocycles. The van der Waals surface area contributed by atoms with Crippen molar-refractivity contribution in [1.29, 1.82) is 0 Å². The molecule has 0 bridgehead atoms. The van der Waals surface area contributed by atoms with E-state index in [-0.39, 0.29) is 24.8 Å². The molecule has 2 aliphatic rings. The number of nitrogens with one attached hydrogen (secondary N) is 1. The lowest BCUT2D eigenvalue weighted by Crippen LogP contribution is -2.54. The Morgan fingerprint density at radius 3 is 1.98 bits per heavy atom. The molecule has 14 nitrogen and oxygen atoms in total. The molecular weight excluding hydrogens is 678 g/mol. The minimum absolute atomic E-state index is 0.0739. The zero-order valence-electron chi connectivity index (χ0n) is 28.4. The van der Waals surface area contributed by atoms with E-state index < -0.39 is 86.0 Å². The third-order valence-corrected chi connectivity index (χ3v) is 9.58. The third kappa shape index (κ3) is 8.87. The van der Waals surface area contributed by atoms with Gasteiger partial charge in [0, 0.05) is 36.3 Å². The molecular formula is C38H41NO13. The second-order valence-electron chi connectivity index (χ2n) is 12.8. The standard InChI is InChI=1S/C38H41NO13/c1-49-36(47)35-28(17-33(43)44)27(16-32(41)42)29(18-34(45)46)37(52-35)51-31-15-21(12-13-22(31)19-40)7-6-14-39-38(48)50-20-30-25-10-4-2-8-23(25)24-9-3-5-11-26(24)30/h2-5,8-13,15,27-30,35,37,40H,6-7,14,16-20H2,1H3,(H,39,48)(H,41,42)(H,43,44)(H,45,46)/t27-,28-,29+,35-,37+/m0/s1. The highest BCUT2D eigenvalue weighted by atomic mass is 16.7. The molecule has 1 aliphatic heterocycles. The number of aliphatic hydroxyl groups is 1. The van der Waals surface area contributed by atoms with Gasteiger partial charge in [0.1, 0.15) is 12.4 Å². The van der Waals surface area contributed by atoms with Crippen LogP contribution in [0.5, 0.6) is 5.75 Å². The lowest BCUT2D eigenvalue weighted by molar-refractivity contribution is -0.233. The van der Waals surface area contributed by atoms with E-state index in [1.807, 2.05) is 36.4 Å². The van der Waals surface area contributed by atoms with Crippen molar-refractivity contribution in [2.45, 2.75) is 57.0 Å². The van der Waals surface area contributed by atoms with Crippen molar-refractivity contribution in [3.05, 3.63) is 89.0 Å². The number of carbonyl (C=O) groups excluding carboxylic acids is 2. The molecule has 0 spiro atoms. The van der Waals surface area contributed by atoms with Gasteiger partial charge in [0.05, 0.1) is 26.6 Å². The molecule has 5 atom stereocenters. The number of aryl methyl sites for hydroxylation is 1. The zero-order valence-corrected chi connectivity index (χ0v) is 28.4. The van der Waals surface area contributed by atoms with Gasteiger partial charge in [0.2, 0.25) is 6.29 Å². The largest absolute Gasteiger partial charge is 0.481 e. The Morgan fingerprint density at radius 1 is 0.788 bits per heavy atom. The second kappa shape index (κ2) is 17.2. The number of carboxylic acids is 3. The first-order valence-corrected chi connectivity index (χ1v) is 16.9. The smallest absolute Gasteiger partial charge is 0.407 e. The first kappa shape index (κ1) is 37.8. The Bertz CT molecular complexity index is 1750. The minimum Gasteiger partial charge on any atom is -0.481 e. The highest BCUT2D eigenvalue weighted by Crippen LogP contribution is 2.45. The summed E-state index contributed by atoms with van der Waals surface area (Å²) in [7, 11) is 1.06. The number of amides is 1. The summed E-state index contributed by atoms with van der Waals surface area (Å²) in [5.41, 5.74) is 5.48. The number of esters is 1. The molecule has 3 aromatic carbocycles. The average Bonchev–Trinajstić information content (AvgIpc) is 3.44. The van der Waals surface area contributed by atoms with Gasteiger partial charge in [-0.1, -0.05) is 60.7 Å². The number of rotatable bonds is 16. The third-order valence-electron chi connectivity index (χ3n) is 9.58. The Morgan fingerprint density at radius 2 is 1.38 bits per heavy atom. The van der Waals surface area contributed by atoms with Crippen molar-refractivity contribution in [2.75, 3.05) is 20.3 Å². The maximum atomic E-state index is 12.8. The predicted molar refractivity (Wildman–Crippen MR) is 182 cm³/mol. The van der Waals surface area contributed by atoms with Gasteiger partial charge in [-0.15, -0.1) is 0 Å². The minimum atomic E-state index is -1.56. The van der Waals surface area contributed by atoms with E-state index in [2.05, 4.69) is 17.4 Å². The number of fused-ring (bicyclic) bond motifs is 3. The van der Waals surface area contributed by atoms with Crippen molar-refractivity contribution >= 4 is 30.0 Å². The normalized spacial score (nSPS) is 20.6. The van der Waals surface area contributed by atoms with Crippen LogP contribution in [0.25, 0.3) is 11.1 Å². The highest BCUT2D eigenvalue weighted by molar-refractivity contribution is 5.79. The predicted octanol–water partition coefficient (Wildman–Crippen LogP) is 4.20. The summed E-state index contributed by atoms with van der Waals surface area (Å²) in [4.78, 5) is 60.9. The molecule has 1 fully saturated rings. The molecule has 1 saturated heterocycles. The van der Waals surface area contributed by atoms with Crippen LogP contribution in [0.15, 0.2) is 66.7 Å². The van der Waals surface area contributed by atoms with E-state index in [0.29, 0.717) is 18.4 Å². The molecule has 5 N–H and O–H groups in total. The number of benzene rings is 3. The van der Waals surface area contributed by atoms with E-state index in [1.54, 1.807) is 18.2 Å². The average molecular weight is 720 g/mol. The topological polar surface area (TPSA) is 215 Å². The van der Waals surface area contributed by atoms with Crippen LogP contribution >= 0.6 is 0 Å². The Labute approximate surface area is 299 Å². The van der Waals surface area contributed by atoms with Crippen LogP contribution < -0.4 is 10.1 Å². The number of alkyl carbamates (subject to hydrolysis) is 1. The van der Waals surface area contributed by atoms with Crippen molar-refractivity contribution < 1.29 is 63.3 Å². The fourth-order valence-electron chi connectivity index (χ4n) is 7.22. The highest BCUT2D eigenvalue weighted by Gasteiger charge is 2.52. The molecule has 52 heavy (non-hydrogen) atoms. The molecule has 3 aromatic rings. The van der Waals surface area contributed by atoms with E-state index >= 15 is 0 Å². The Hall–Kier alpha value is -5.47. The fourth-order valence-corrected chi connectivity index (χ4v) is 7.22. The monoisotopic (exact) mass is 719 g/mol. The van der Waals surface area contributed by atoms with Crippen LogP contribution in [0.2, 0.25) is 0 Å². The lowest BCUT2D eigenvalue weighted by Gasteiger charge is -2.44. The number of hydrogen-bond donors (Lipinski definition) is 5. The van der Waals surface area contributed by atoms with Gasteiger partial charge >= 0.3 is 30.0 Å². The molecule has 1 heterocycles. The van der Waals surface area contributed by atoms with Crippen LogP contribution in [0.3, 0.4) is 0 Å². The summed E-state index contributed by atoms with van der Waals surface area (Å²) in [5.74, 6) is -8.49. The van der Waals surface area contributed by atoms with Gasteiger partial charge in [-0.2, -0.15) is 0 Å². The molecule has 0 radical (unpaired) electrons. The molecule has 0 unspecified atom stereocenters. The fraction of sp³-hybridized carbons (Fsp3) is 0.395. The van der Waals surface area contributed by atoms with Gasteiger partial charge in [-0.05, 0) is 52.6 Å². The maximum absolute atomic E-state index is 12.8. The van der Waals surface area contributed by atoms with E-state index in [9.17, 15) is 44.4 Å². The summed E-state index contributed by atoms with van der Waals surface area (Å²) in [6.07, 6.45) is -4.68. The molecule has 1 amide bonds. The van der Waals surface area contributed by atoms with Crippen LogP contribution in [0.1, 0.15) is 53.9 Å². The van der Waals surface area contributed by atoms with Gasteiger partial charge in [0.15, 0.2) is 6.10 Å². The SMILES string of the molecule is COC(=O)[C@H]1O[C@@H](Oc2cc(CCCNC(=O)OCC3c4ccccc4-c4ccccc43)ccc2CO)[C@H](CC(=O)O)[C@@H](CC(=O)O)[C@@H]1CC(=O)O. The van der Waals surface area contributed by atoms with Crippen molar-refractivity contribution in [3.63, 3.8) is 0 Å². The number of aliphatic carboxylic acids is 3. The number of aliphatic hydroxyl groups excluding tert-OH is 1.